The molecule has 3 N–H and O–H groups in total. The van der Waals surface area contributed by atoms with E-state index in [0.717, 1.165) is 22.9 Å². The maximum Gasteiger partial charge on any atom is 0.326 e. The zero-order chi connectivity index (χ0) is 15.0. The van der Waals surface area contributed by atoms with Crippen LogP contribution in [0.25, 0.3) is 0 Å². The molecule has 20 heavy (non-hydrogen) atoms. The number of hydrogen-bond donors (Lipinski definition) is 3. The topological polar surface area (TPSA) is 78.4 Å². The highest BCUT2D eigenvalue weighted by atomic mass is 79.9. The number of amides is 2. The molecular weight excluding hydrogens is 324 g/mol. The van der Waals surface area contributed by atoms with Crippen LogP contribution >= 0.6 is 15.9 Å². The Morgan fingerprint density at radius 1 is 1.30 bits per heavy atom. The summed E-state index contributed by atoms with van der Waals surface area (Å²) in [4.78, 5) is 22.7. The minimum Gasteiger partial charge on any atom is -0.480 e. The zero-order valence-electron chi connectivity index (χ0n) is 11.4. The summed E-state index contributed by atoms with van der Waals surface area (Å²) in [5.41, 5.74) is 0.948. The normalized spacial score (nSPS) is 11.7. The van der Waals surface area contributed by atoms with Crippen molar-refractivity contribution in [2.75, 3.05) is 0 Å². The van der Waals surface area contributed by atoms with Gasteiger partial charge in [0.25, 0.3) is 0 Å². The van der Waals surface area contributed by atoms with Crippen LogP contribution in [0.2, 0.25) is 0 Å². The van der Waals surface area contributed by atoms with Crippen molar-refractivity contribution >= 4 is 27.9 Å². The van der Waals surface area contributed by atoms with Crippen molar-refractivity contribution in [1.82, 2.24) is 10.6 Å². The average Bonchev–Trinajstić information content (AvgIpc) is 2.42. The second-order valence-corrected chi connectivity index (χ2v) is 5.40. The first-order valence-corrected chi connectivity index (χ1v) is 7.34. The summed E-state index contributed by atoms with van der Waals surface area (Å²) >= 11 is 3.33. The highest BCUT2D eigenvalue weighted by Gasteiger charge is 2.18. The third-order valence-electron chi connectivity index (χ3n) is 2.82. The molecule has 0 unspecified atom stereocenters. The molecule has 0 heterocycles. The van der Waals surface area contributed by atoms with Gasteiger partial charge in [-0.3, -0.25) is 0 Å². The molecule has 0 aliphatic rings. The lowest BCUT2D eigenvalue weighted by Gasteiger charge is -2.14. The molecule has 0 spiro atoms. The van der Waals surface area contributed by atoms with Gasteiger partial charge in [-0.1, -0.05) is 47.8 Å². The van der Waals surface area contributed by atoms with Gasteiger partial charge in [0.1, 0.15) is 6.04 Å². The van der Waals surface area contributed by atoms with Crippen molar-refractivity contribution in [2.24, 2.45) is 0 Å². The standard InChI is InChI=1S/C14H19BrN2O3/c1-2-3-4-12(13(18)19)17-14(20)16-9-10-5-7-11(15)8-6-10/h5-8,12H,2-4,9H2,1H3,(H,18,19)(H2,16,17,20)/t12-/m0/s1. The number of halogens is 1. The Morgan fingerprint density at radius 3 is 2.50 bits per heavy atom. The monoisotopic (exact) mass is 342 g/mol. The van der Waals surface area contributed by atoms with Crippen molar-refractivity contribution in [2.45, 2.75) is 38.8 Å². The minimum absolute atomic E-state index is 0.360. The zero-order valence-corrected chi connectivity index (χ0v) is 12.9. The Kier molecular flexibility index (Phi) is 7.08. The smallest absolute Gasteiger partial charge is 0.326 e. The molecule has 1 atom stereocenters. The number of carbonyl (C=O) groups excluding carboxylic acids is 1. The number of benzene rings is 1. The fourth-order valence-electron chi connectivity index (χ4n) is 1.66. The number of hydrogen-bond acceptors (Lipinski definition) is 2. The molecule has 110 valence electrons. The third-order valence-corrected chi connectivity index (χ3v) is 3.34. The van der Waals surface area contributed by atoms with Crippen molar-refractivity contribution in [3.63, 3.8) is 0 Å². The molecule has 0 radical (unpaired) electrons. The van der Waals surface area contributed by atoms with Gasteiger partial charge >= 0.3 is 12.0 Å². The molecule has 0 saturated heterocycles. The predicted molar refractivity (Wildman–Crippen MR) is 80.5 cm³/mol. The van der Waals surface area contributed by atoms with Gasteiger partial charge in [0, 0.05) is 11.0 Å². The molecule has 5 nitrogen and oxygen atoms in total. The SMILES string of the molecule is CCCC[C@H](NC(=O)NCc1ccc(Br)cc1)C(=O)O. The van der Waals surface area contributed by atoms with Crippen LogP contribution in [-0.4, -0.2) is 23.1 Å². The number of unbranched alkanes of at least 4 members (excludes halogenated alkanes) is 1. The van der Waals surface area contributed by atoms with E-state index in [4.69, 9.17) is 5.11 Å². The van der Waals surface area contributed by atoms with Crippen LogP contribution in [0.4, 0.5) is 4.79 Å². The Balaban J connectivity index is 2.41. The summed E-state index contributed by atoms with van der Waals surface area (Å²) in [6.45, 7) is 2.34. The molecule has 0 aliphatic heterocycles. The van der Waals surface area contributed by atoms with Gasteiger partial charge < -0.3 is 15.7 Å². The Bertz CT molecular complexity index is 448. The number of urea groups is 1. The summed E-state index contributed by atoms with van der Waals surface area (Å²) in [5, 5.41) is 14.1. The van der Waals surface area contributed by atoms with Crippen LogP contribution < -0.4 is 10.6 Å². The summed E-state index contributed by atoms with van der Waals surface area (Å²) in [7, 11) is 0. The van der Waals surface area contributed by atoms with Crippen LogP contribution in [0, 0.1) is 0 Å². The van der Waals surface area contributed by atoms with Crippen molar-refractivity contribution < 1.29 is 14.7 Å². The fraction of sp³-hybridized carbons (Fsp3) is 0.429. The molecule has 0 bridgehead atoms. The minimum atomic E-state index is -1.00. The van der Waals surface area contributed by atoms with E-state index in [9.17, 15) is 9.59 Å². The second kappa shape index (κ2) is 8.58. The maximum atomic E-state index is 11.7. The number of carboxylic acid groups (broad SMARTS) is 1. The molecule has 6 heteroatoms. The van der Waals surface area contributed by atoms with Gasteiger partial charge in [-0.15, -0.1) is 0 Å². The second-order valence-electron chi connectivity index (χ2n) is 4.49. The highest BCUT2D eigenvalue weighted by molar-refractivity contribution is 9.10. The number of nitrogens with one attached hydrogen (secondary N) is 2. The Morgan fingerprint density at radius 2 is 1.95 bits per heavy atom. The van der Waals surface area contributed by atoms with Crippen LogP contribution in [0.3, 0.4) is 0 Å². The Labute approximate surface area is 126 Å². The highest BCUT2D eigenvalue weighted by Crippen LogP contribution is 2.10. The summed E-state index contributed by atoms with van der Waals surface area (Å²) in [6.07, 6.45) is 2.10. The lowest BCUT2D eigenvalue weighted by Crippen LogP contribution is -2.45. The Hall–Kier alpha value is -1.56. The van der Waals surface area contributed by atoms with Gasteiger partial charge in [-0.05, 0) is 24.1 Å². The molecular formula is C14H19BrN2O3. The van der Waals surface area contributed by atoms with Gasteiger partial charge in [-0.2, -0.15) is 0 Å². The molecule has 0 fully saturated rings. The molecule has 0 aromatic heterocycles. The number of rotatable bonds is 7. The van der Waals surface area contributed by atoms with E-state index >= 15 is 0 Å². The first-order valence-electron chi connectivity index (χ1n) is 6.54. The van der Waals surface area contributed by atoms with Crippen molar-refractivity contribution in [3.8, 4) is 0 Å². The molecule has 0 saturated carbocycles. The number of carboxylic acids is 1. The van der Waals surface area contributed by atoms with Gasteiger partial charge in [0.2, 0.25) is 0 Å². The first kappa shape index (κ1) is 16.5. The predicted octanol–water partition coefficient (Wildman–Crippen LogP) is 2.89. The van der Waals surface area contributed by atoms with Crippen molar-refractivity contribution in [3.05, 3.63) is 34.3 Å². The van der Waals surface area contributed by atoms with Gasteiger partial charge in [0.15, 0.2) is 0 Å². The van der Waals surface area contributed by atoms with E-state index < -0.39 is 18.0 Å². The number of carbonyl (C=O) groups is 2. The first-order chi connectivity index (χ1) is 9.52. The third kappa shape index (κ3) is 6.06. The largest absolute Gasteiger partial charge is 0.480 e. The number of aliphatic carboxylic acids is 1. The van der Waals surface area contributed by atoms with Crippen LogP contribution in [0.15, 0.2) is 28.7 Å². The van der Waals surface area contributed by atoms with E-state index in [-0.39, 0.29) is 0 Å². The molecule has 0 aliphatic carbocycles. The fourth-order valence-corrected chi connectivity index (χ4v) is 1.92. The van der Waals surface area contributed by atoms with Gasteiger partial charge in [0.05, 0.1) is 0 Å². The summed E-state index contributed by atoms with van der Waals surface area (Å²) in [5.74, 6) is -1.00. The van der Waals surface area contributed by atoms with Crippen LogP contribution in [0.5, 0.6) is 0 Å². The van der Waals surface area contributed by atoms with Crippen molar-refractivity contribution in [1.29, 1.82) is 0 Å². The molecule has 2 amide bonds. The average molecular weight is 343 g/mol. The maximum absolute atomic E-state index is 11.7. The van der Waals surface area contributed by atoms with Crippen LogP contribution in [0.1, 0.15) is 31.7 Å². The van der Waals surface area contributed by atoms with E-state index in [0.29, 0.717) is 13.0 Å². The summed E-state index contributed by atoms with van der Waals surface area (Å²) < 4.78 is 0.969. The summed E-state index contributed by atoms with van der Waals surface area (Å²) in [6, 6.07) is 6.25. The molecule has 1 aromatic carbocycles. The van der Waals surface area contributed by atoms with E-state index in [2.05, 4.69) is 26.6 Å². The van der Waals surface area contributed by atoms with E-state index in [1.807, 2.05) is 31.2 Å². The lowest BCUT2D eigenvalue weighted by molar-refractivity contribution is -0.139. The quantitative estimate of drug-likeness (QED) is 0.712. The van der Waals surface area contributed by atoms with E-state index in [1.54, 1.807) is 0 Å². The van der Waals surface area contributed by atoms with Gasteiger partial charge in [-0.25, -0.2) is 9.59 Å². The molecule has 1 aromatic rings. The lowest BCUT2D eigenvalue weighted by atomic mass is 10.1. The van der Waals surface area contributed by atoms with E-state index in [1.165, 1.54) is 0 Å². The molecule has 1 rings (SSSR count). The van der Waals surface area contributed by atoms with Crippen LogP contribution in [-0.2, 0) is 11.3 Å².